The van der Waals surface area contributed by atoms with Crippen LogP contribution in [0.3, 0.4) is 0 Å². The van der Waals surface area contributed by atoms with Gasteiger partial charge in [-0.25, -0.2) is 9.37 Å². The van der Waals surface area contributed by atoms with Gasteiger partial charge in [0.15, 0.2) is 5.65 Å². The standard InChI is InChI=1S/C14H13FN4O/c1-20-11-2-3-12(15)13(6-11)17-7-10-8-18-14-9-16-4-5-19(10)14/h2-6,8-9,17H,7H2,1H3. The smallest absolute Gasteiger partial charge is 0.155 e. The highest BCUT2D eigenvalue weighted by Crippen LogP contribution is 2.21. The number of nitrogens with zero attached hydrogens (tertiary/aromatic N) is 3. The summed E-state index contributed by atoms with van der Waals surface area (Å²) in [6.07, 6.45) is 6.92. The highest BCUT2D eigenvalue weighted by atomic mass is 19.1. The fourth-order valence-corrected chi connectivity index (χ4v) is 1.98. The fraction of sp³-hybridized carbons (Fsp3) is 0.143. The zero-order valence-electron chi connectivity index (χ0n) is 10.9. The summed E-state index contributed by atoms with van der Waals surface area (Å²) in [6, 6.07) is 4.58. The van der Waals surface area contributed by atoms with Gasteiger partial charge in [0.1, 0.15) is 11.6 Å². The van der Waals surface area contributed by atoms with Crippen LogP contribution in [0.1, 0.15) is 5.69 Å². The monoisotopic (exact) mass is 272 g/mol. The number of hydrogen-bond donors (Lipinski definition) is 1. The molecule has 3 rings (SSSR count). The van der Waals surface area contributed by atoms with Gasteiger partial charge in [0.25, 0.3) is 0 Å². The van der Waals surface area contributed by atoms with Crippen LogP contribution < -0.4 is 10.1 Å². The van der Waals surface area contributed by atoms with Gasteiger partial charge in [-0.05, 0) is 12.1 Å². The molecule has 0 atom stereocenters. The van der Waals surface area contributed by atoms with E-state index in [4.69, 9.17) is 4.74 Å². The van der Waals surface area contributed by atoms with E-state index in [0.717, 1.165) is 11.3 Å². The molecule has 0 saturated carbocycles. The summed E-state index contributed by atoms with van der Waals surface area (Å²) in [5.74, 6) is 0.289. The molecule has 2 aromatic heterocycles. The van der Waals surface area contributed by atoms with Gasteiger partial charge in [-0.2, -0.15) is 0 Å². The second kappa shape index (κ2) is 5.16. The molecule has 1 N–H and O–H groups in total. The van der Waals surface area contributed by atoms with Crippen LogP contribution >= 0.6 is 0 Å². The van der Waals surface area contributed by atoms with Crippen molar-refractivity contribution in [2.24, 2.45) is 0 Å². The summed E-state index contributed by atoms with van der Waals surface area (Å²) in [5.41, 5.74) is 2.08. The van der Waals surface area contributed by atoms with Gasteiger partial charge in [-0.3, -0.25) is 9.38 Å². The van der Waals surface area contributed by atoms with Gasteiger partial charge in [0.05, 0.1) is 37.4 Å². The molecule has 2 heterocycles. The highest BCUT2D eigenvalue weighted by molar-refractivity contribution is 5.50. The molecule has 0 spiro atoms. The van der Waals surface area contributed by atoms with Crippen molar-refractivity contribution < 1.29 is 9.13 Å². The Labute approximate surface area is 115 Å². The maximum Gasteiger partial charge on any atom is 0.155 e. The Hall–Kier alpha value is -2.63. The molecule has 6 heteroatoms. The second-order valence-electron chi connectivity index (χ2n) is 4.25. The van der Waals surface area contributed by atoms with Crippen LogP contribution in [-0.2, 0) is 6.54 Å². The Morgan fingerprint density at radius 2 is 2.25 bits per heavy atom. The molecule has 3 aromatic rings. The lowest BCUT2D eigenvalue weighted by Gasteiger charge is -2.09. The number of halogens is 1. The molecule has 1 aromatic carbocycles. The number of benzene rings is 1. The van der Waals surface area contributed by atoms with E-state index in [-0.39, 0.29) is 5.82 Å². The zero-order valence-corrected chi connectivity index (χ0v) is 10.9. The molecule has 0 saturated heterocycles. The van der Waals surface area contributed by atoms with E-state index in [9.17, 15) is 4.39 Å². The Bertz CT molecular complexity index is 741. The molecule has 0 radical (unpaired) electrons. The molecule has 20 heavy (non-hydrogen) atoms. The average molecular weight is 272 g/mol. The molecule has 0 unspecified atom stereocenters. The maximum absolute atomic E-state index is 13.7. The lowest BCUT2D eigenvalue weighted by molar-refractivity contribution is 0.414. The van der Waals surface area contributed by atoms with Crippen molar-refractivity contribution in [3.05, 3.63) is 54.5 Å². The third-order valence-corrected chi connectivity index (χ3v) is 3.03. The summed E-state index contributed by atoms with van der Waals surface area (Å²) < 4.78 is 20.7. The van der Waals surface area contributed by atoms with E-state index in [2.05, 4.69) is 15.3 Å². The lowest BCUT2D eigenvalue weighted by atomic mass is 10.3. The van der Waals surface area contributed by atoms with E-state index in [0.29, 0.717) is 18.0 Å². The molecule has 0 fully saturated rings. The Morgan fingerprint density at radius 1 is 1.35 bits per heavy atom. The predicted octanol–water partition coefficient (Wildman–Crippen LogP) is 2.49. The number of anilines is 1. The summed E-state index contributed by atoms with van der Waals surface area (Å²) in [5, 5.41) is 3.05. The van der Waals surface area contributed by atoms with Crippen molar-refractivity contribution in [1.82, 2.24) is 14.4 Å². The summed E-state index contributed by atoms with van der Waals surface area (Å²) >= 11 is 0. The first-order valence-electron chi connectivity index (χ1n) is 6.11. The third kappa shape index (κ3) is 2.27. The molecule has 0 bridgehead atoms. The van der Waals surface area contributed by atoms with Gasteiger partial charge in [-0.1, -0.05) is 0 Å². The third-order valence-electron chi connectivity index (χ3n) is 3.03. The number of imidazole rings is 1. The molecule has 5 nitrogen and oxygen atoms in total. The van der Waals surface area contributed by atoms with Crippen LogP contribution in [0, 0.1) is 5.82 Å². The van der Waals surface area contributed by atoms with Crippen LogP contribution in [0.5, 0.6) is 5.75 Å². The quantitative estimate of drug-likeness (QED) is 0.792. The number of fused-ring (bicyclic) bond motifs is 1. The van der Waals surface area contributed by atoms with Crippen LogP contribution in [0.25, 0.3) is 5.65 Å². The second-order valence-corrected chi connectivity index (χ2v) is 4.25. The number of ether oxygens (including phenoxy) is 1. The SMILES string of the molecule is COc1ccc(F)c(NCc2cnc3cnccn23)c1. The van der Waals surface area contributed by atoms with E-state index in [1.54, 1.807) is 37.8 Å². The van der Waals surface area contributed by atoms with Crippen LogP contribution in [0.2, 0.25) is 0 Å². The normalized spacial score (nSPS) is 10.7. The van der Waals surface area contributed by atoms with Gasteiger partial charge in [0, 0.05) is 18.5 Å². The Morgan fingerprint density at radius 3 is 3.10 bits per heavy atom. The molecule has 0 aliphatic rings. The van der Waals surface area contributed by atoms with Crippen LogP contribution in [0.4, 0.5) is 10.1 Å². The first-order chi connectivity index (χ1) is 9.78. The molecular weight excluding hydrogens is 259 g/mol. The first-order valence-corrected chi connectivity index (χ1v) is 6.11. The van der Waals surface area contributed by atoms with Crippen molar-refractivity contribution in [1.29, 1.82) is 0 Å². The largest absolute Gasteiger partial charge is 0.497 e. The van der Waals surface area contributed by atoms with Gasteiger partial charge >= 0.3 is 0 Å². The highest BCUT2D eigenvalue weighted by Gasteiger charge is 2.06. The van der Waals surface area contributed by atoms with Crippen molar-refractivity contribution >= 4 is 11.3 Å². The van der Waals surface area contributed by atoms with Crippen molar-refractivity contribution in [2.45, 2.75) is 6.54 Å². The molecular formula is C14H13FN4O. The predicted molar refractivity (Wildman–Crippen MR) is 73.3 cm³/mol. The zero-order chi connectivity index (χ0) is 13.9. The maximum atomic E-state index is 13.7. The van der Waals surface area contributed by atoms with E-state index < -0.39 is 0 Å². The van der Waals surface area contributed by atoms with Gasteiger partial charge < -0.3 is 10.1 Å². The van der Waals surface area contributed by atoms with Crippen LogP contribution in [-0.4, -0.2) is 21.5 Å². The minimum Gasteiger partial charge on any atom is -0.497 e. The molecule has 102 valence electrons. The summed E-state index contributed by atoms with van der Waals surface area (Å²) in [6.45, 7) is 0.454. The van der Waals surface area contributed by atoms with E-state index >= 15 is 0 Å². The topological polar surface area (TPSA) is 51.5 Å². The minimum absolute atomic E-state index is 0.318. The number of methoxy groups -OCH3 is 1. The summed E-state index contributed by atoms with van der Waals surface area (Å²) in [7, 11) is 1.55. The van der Waals surface area contributed by atoms with Crippen LogP contribution in [0.15, 0.2) is 43.0 Å². The number of hydrogen-bond acceptors (Lipinski definition) is 4. The Balaban J connectivity index is 1.83. The van der Waals surface area contributed by atoms with Crippen molar-refractivity contribution in [2.75, 3.05) is 12.4 Å². The molecule has 0 aliphatic heterocycles. The fourth-order valence-electron chi connectivity index (χ4n) is 1.98. The van der Waals surface area contributed by atoms with Crippen molar-refractivity contribution in [3.63, 3.8) is 0 Å². The number of aromatic nitrogens is 3. The van der Waals surface area contributed by atoms with E-state index in [1.807, 2.05) is 10.6 Å². The molecule has 0 aliphatic carbocycles. The van der Waals surface area contributed by atoms with Gasteiger partial charge in [0.2, 0.25) is 0 Å². The number of nitrogens with one attached hydrogen (secondary N) is 1. The first kappa shape index (κ1) is 12.4. The summed E-state index contributed by atoms with van der Waals surface area (Å²) in [4.78, 5) is 8.23. The number of rotatable bonds is 4. The average Bonchev–Trinajstić information content (AvgIpc) is 2.90. The minimum atomic E-state index is -0.318. The lowest BCUT2D eigenvalue weighted by Crippen LogP contribution is -2.04. The Kier molecular flexibility index (Phi) is 3.20. The van der Waals surface area contributed by atoms with Gasteiger partial charge in [-0.15, -0.1) is 0 Å². The molecule has 0 amide bonds. The van der Waals surface area contributed by atoms with E-state index in [1.165, 1.54) is 6.07 Å². The van der Waals surface area contributed by atoms with Crippen molar-refractivity contribution in [3.8, 4) is 5.75 Å².